The molecule has 0 amide bonds. The van der Waals surface area contributed by atoms with Crippen molar-refractivity contribution in [1.82, 2.24) is 4.72 Å². The smallest absolute Gasteiger partial charge is 0.242 e. The molecule has 1 N–H and O–H groups in total. The van der Waals surface area contributed by atoms with Crippen molar-refractivity contribution in [1.29, 1.82) is 5.26 Å². The summed E-state index contributed by atoms with van der Waals surface area (Å²) in [4.78, 5) is 0.144. The highest BCUT2D eigenvalue weighted by atomic mass is 32.2. The molecule has 0 saturated heterocycles. The van der Waals surface area contributed by atoms with Crippen LogP contribution < -0.4 is 9.46 Å². The van der Waals surface area contributed by atoms with E-state index in [1.165, 1.54) is 6.07 Å². The molecule has 0 spiro atoms. The van der Waals surface area contributed by atoms with Gasteiger partial charge in [0.2, 0.25) is 10.0 Å². The fourth-order valence-corrected chi connectivity index (χ4v) is 3.93. The molecule has 24 heavy (non-hydrogen) atoms. The van der Waals surface area contributed by atoms with Gasteiger partial charge in [0.1, 0.15) is 11.8 Å². The zero-order chi connectivity index (χ0) is 18.0. The maximum atomic E-state index is 12.8. The average Bonchev–Trinajstić information content (AvgIpc) is 2.52. The number of nitrogens with one attached hydrogen (secondary N) is 1. The van der Waals surface area contributed by atoms with Gasteiger partial charge in [0, 0.05) is 10.8 Å². The van der Waals surface area contributed by atoms with Gasteiger partial charge < -0.3 is 4.74 Å². The van der Waals surface area contributed by atoms with E-state index in [1.54, 1.807) is 18.2 Å². The van der Waals surface area contributed by atoms with E-state index in [4.69, 9.17) is 4.74 Å². The third-order valence-corrected chi connectivity index (χ3v) is 5.18. The first-order chi connectivity index (χ1) is 11.2. The van der Waals surface area contributed by atoms with Crippen molar-refractivity contribution in [3.8, 4) is 11.8 Å². The number of fused-ring (bicyclic) bond motifs is 1. The molecule has 0 radical (unpaired) electrons. The molecule has 1 atom stereocenters. The minimum Gasteiger partial charge on any atom is -0.493 e. The Balaban J connectivity index is 2.56. The Morgan fingerprint density at radius 2 is 1.79 bits per heavy atom. The van der Waals surface area contributed by atoms with Crippen molar-refractivity contribution in [3.63, 3.8) is 0 Å². The molecule has 0 aromatic heterocycles. The summed E-state index contributed by atoms with van der Waals surface area (Å²) in [6.45, 7) is 7.83. The standard InChI is InChI=1S/C18H22N2O3S/c1-5-23-15-10-11-16(14-9-7-6-8-13(14)15)24(21,22)20-17(12-19)18(2,3)4/h6-11,17,20H,5H2,1-4H3/t17-/m0/s1. The average molecular weight is 346 g/mol. The first-order valence-corrected chi connectivity index (χ1v) is 9.25. The number of hydrogen-bond donors (Lipinski definition) is 1. The van der Waals surface area contributed by atoms with Gasteiger partial charge in [-0.05, 0) is 24.5 Å². The number of nitrogens with zero attached hydrogens (tertiary/aromatic N) is 1. The molecule has 0 aliphatic rings. The maximum absolute atomic E-state index is 12.8. The minimum atomic E-state index is -3.84. The third-order valence-electron chi connectivity index (χ3n) is 3.70. The number of nitriles is 1. The lowest BCUT2D eigenvalue weighted by Gasteiger charge is -2.25. The van der Waals surface area contributed by atoms with Gasteiger partial charge >= 0.3 is 0 Å². The van der Waals surface area contributed by atoms with Crippen LogP contribution in [0, 0.1) is 16.7 Å². The first-order valence-electron chi connectivity index (χ1n) is 7.77. The van der Waals surface area contributed by atoms with Crippen molar-refractivity contribution < 1.29 is 13.2 Å². The Labute approximate surface area is 143 Å². The number of sulfonamides is 1. The normalized spacial score (nSPS) is 13.5. The van der Waals surface area contributed by atoms with Crippen LogP contribution in [0.5, 0.6) is 5.75 Å². The van der Waals surface area contributed by atoms with Crippen LogP contribution in [0.4, 0.5) is 0 Å². The molecule has 0 bridgehead atoms. The molecule has 6 heteroatoms. The van der Waals surface area contributed by atoms with E-state index in [-0.39, 0.29) is 4.90 Å². The number of ether oxygens (including phenoxy) is 1. The summed E-state index contributed by atoms with van der Waals surface area (Å²) in [7, 11) is -3.84. The highest BCUT2D eigenvalue weighted by Crippen LogP contribution is 2.31. The molecule has 128 valence electrons. The first kappa shape index (κ1) is 18.2. The van der Waals surface area contributed by atoms with Crippen molar-refractivity contribution in [2.24, 2.45) is 5.41 Å². The third kappa shape index (κ3) is 3.69. The Hall–Kier alpha value is -2.10. The number of benzene rings is 2. The predicted octanol–water partition coefficient (Wildman–Crippen LogP) is 3.46. The van der Waals surface area contributed by atoms with Gasteiger partial charge in [-0.1, -0.05) is 45.0 Å². The van der Waals surface area contributed by atoms with Gasteiger partial charge in [-0.15, -0.1) is 0 Å². The lowest BCUT2D eigenvalue weighted by Crippen LogP contribution is -2.42. The Bertz CT molecular complexity index is 877. The fraction of sp³-hybridized carbons (Fsp3) is 0.389. The maximum Gasteiger partial charge on any atom is 0.242 e. The lowest BCUT2D eigenvalue weighted by molar-refractivity contribution is 0.344. The molecule has 2 aromatic carbocycles. The molecule has 2 rings (SSSR count). The van der Waals surface area contributed by atoms with Crippen LogP contribution in [-0.4, -0.2) is 21.1 Å². The molecule has 0 saturated carbocycles. The number of hydrogen-bond acceptors (Lipinski definition) is 4. The van der Waals surface area contributed by atoms with Gasteiger partial charge in [-0.2, -0.15) is 9.98 Å². The van der Waals surface area contributed by atoms with Crippen LogP contribution in [0.3, 0.4) is 0 Å². The molecular formula is C18H22N2O3S. The summed E-state index contributed by atoms with van der Waals surface area (Å²) in [6.07, 6.45) is 0. The van der Waals surface area contributed by atoms with Gasteiger partial charge in [0.25, 0.3) is 0 Å². The lowest BCUT2D eigenvalue weighted by atomic mass is 9.88. The summed E-state index contributed by atoms with van der Waals surface area (Å²) in [6, 6.07) is 11.6. The highest BCUT2D eigenvalue weighted by Gasteiger charge is 2.30. The quantitative estimate of drug-likeness (QED) is 0.899. The van der Waals surface area contributed by atoms with Gasteiger partial charge in [-0.3, -0.25) is 0 Å². The molecular weight excluding hydrogens is 324 g/mol. The number of rotatable bonds is 5. The van der Waals surface area contributed by atoms with Crippen LogP contribution in [0.15, 0.2) is 41.3 Å². The van der Waals surface area contributed by atoms with Crippen molar-refractivity contribution in [2.75, 3.05) is 6.61 Å². The summed E-state index contributed by atoms with van der Waals surface area (Å²) in [5, 5.41) is 10.6. The van der Waals surface area contributed by atoms with Crippen LogP contribution in [0.25, 0.3) is 10.8 Å². The van der Waals surface area contributed by atoms with E-state index in [9.17, 15) is 13.7 Å². The summed E-state index contributed by atoms with van der Waals surface area (Å²) < 4.78 is 33.7. The summed E-state index contributed by atoms with van der Waals surface area (Å²) in [5.74, 6) is 0.639. The van der Waals surface area contributed by atoms with E-state index >= 15 is 0 Å². The van der Waals surface area contributed by atoms with Gasteiger partial charge in [-0.25, -0.2) is 8.42 Å². The van der Waals surface area contributed by atoms with E-state index in [2.05, 4.69) is 4.72 Å². The molecule has 0 aliphatic heterocycles. The van der Waals surface area contributed by atoms with Gasteiger partial charge in [0.15, 0.2) is 0 Å². The molecule has 0 heterocycles. The van der Waals surface area contributed by atoms with Crippen molar-refractivity contribution in [3.05, 3.63) is 36.4 Å². The van der Waals surface area contributed by atoms with E-state index in [0.717, 1.165) is 5.39 Å². The second-order valence-electron chi connectivity index (χ2n) is 6.59. The zero-order valence-electron chi connectivity index (χ0n) is 14.3. The second kappa shape index (κ2) is 6.80. The Kier molecular flexibility index (Phi) is 5.16. The van der Waals surface area contributed by atoms with E-state index < -0.39 is 21.5 Å². The molecule has 0 aliphatic carbocycles. The second-order valence-corrected chi connectivity index (χ2v) is 8.27. The molecule has 2 aromatic rings. The van der Waals surface area contributed by atoms with Crippen LogP contribution in [-0.2, 0) is 10.0 Å². The molecule has 0 unspecified atom stereocenters. The van der Waals surface area contributed by atoms with Gasteiger partial charge in [0.05, 0.1) is 17.6 Å². The van der Waals surface area contributed by atoms with E-state index in [1.807, 2.05) is 45.9 Å². The minimum absolute atomic E-state index is 0.144. The highest BCUT2D eigenvalue weighted by molar-refractivity contribution is 7.89. The fourth-order valence-electron chi connectivity index (χ4n) is 2.37. The molecule has 0 fully saturated rings. The van der Waals surface area contributed by atoms with Crippen LogP contribution in [0.1, 0.15) is 27.7 Å². The van der Waals surface area contributed by atoms with Crippen molar-refractivity contribution >= 4 is 20.8 Å². The Morgan fingerprint density at radius 3 is 2.33 bits per heavy atom. The SMILES string of the molecule is CCOc1ccc(S(=O)(=O)N[C@@H](C#N)C(C)(C)C)c2ccccc12. The van der Waals surface area contributed by atoms with Crippen molar-refractivity contribution in [2.45, 2.75) is 38.6 Å². The summed E-state index contributed by atoms with van der Waals surface area (Å²) in [5.41, 5.74) is -0.511. The largest absolute Gasteiger partial charge is 0.493 e. The van der Waals surface area contributed by atoms with Crippen LogP contribution in [0.2, 0.25) is 0 Å². The van der Waals surface area contributed by atoms with E-state index in [0.29, 0.717) is 17.7 Å². The molecule has 5 nitrogen and oxygen atoms in total. The zero-order valence-corrected chi connectivity index (χ0v) is 15.1. The predicted molar refractivity (Wildman–Crippen MR) is 94.3 cm³/mol. The topological polar surface area (TPSA) is 79.2 Å². The Morgan fingerprint density at radius 1 is 1.17 bits per heavy atom. The van der Waals surface area contributed by atoms with Crippen LogP contribution >= 0.6 is 0 Å². The monoisotopic (exact) mass is 346 g/mol. The summed E-state index contributed by atoms with van der Waals surface area (Å²) >= 11 is 0.